The highest BCUT2D eigenvalue weighted by Crippen LogP contribution is 2.26. The normalized spacial score (nSPS) is 14.9. The van der Waals surface area contributed by atoms with Crippen LogP contribution in [0, 0.1) is 6.92 Å². The molecular formula is C21H27N3O4S. The molecule has 1 saturated heterocycles. The Labute approximate surface area is 172 Å². The summed E-state index contributed by atoms with van der Waals surface area (Å²) >= 11 is 0. The highest BCUT2D eigenvalue weighted by atomic mass is 32.2. The van der Waals surface area contributed by atoms with E-state index in [4.69, 9.17) is 4.74 Å². The second-order valence-electron chi connectivity index (χ2n) is 7.53. The van der Waals surface area contributed by atoms with Crippen LogP contribution >= 0.6 is 0 Å². The first-order valence-corrected chi connectivity index (χ1v) is 11.5. The number of piperazine rings is 1. The van der Waals surface area contributed by atoms with Crippen molar-refractivity contribution in [3.63, 3.8) is 0 Å². The maximum Gasteiger partial charge on any atom is 0.257 e. The van der Waals surface area contributed by atoms with Crippen molar-refractivity contribution in [2.45, 2.75) is 31.8 Å². The van der Waals surface area contributed by atoms with Gasteiger partial charge in [0.25, 0.3) is 5.91 Å². The minimum Gasteiger partial charge on any atom is -0.490 e. The summed E-state index contributed by atoms with van der Waals surface area (Å²) in [5.74, 6) is 0.190. The fraction of sp³-hybridized carbons (Fsp3) is 0.429. The third-order valence-corrected chi connectivity index (χ3v) is 5.91. The molecule has 0 bridgehead atoms. The van der Waals surface area contributed by atoms with Crippen LogP contribution in [0.25, 0.3) is 0 Å². The van der Waals surface area contributed by atoms with Crippen molar-refractivity contribution in [2.75, 3.05) is 37.3 Å². The lowest BCUT2D eigenvalue weighted by Crippen LogP contribution is -2.49. The van der Waals surface area contributed by atoms with Gasteiger partial charge < -0.3 is 14.5 Å². The minimum absolute atomic E-state index is 0.112. The molecule has 0 unspecified atom stereocenters. The van der Waals surface area contributed by atoms with Gasteiger partial charge in [-0.2, -0.15) is 0 Å². The molecule has 7 nitrogen and oxygen atoms in total. The molecule has 1 aliphatic rings. The molecule has 1 aromatic heterocycles. The van der Waals surface area contributed by atoms with Crippen LogP contribution in [-0.2, 0) is 9.84 Å². The van der Waals surface area contributed by atoms with Crippen LogP contribution in [0.2, 0.25) is 0 Å². The van der Waals surface area contributed by atoms with Crippen molar-refractivity contribution < 1.29 is 17.9 Å². The second kappa shape index (κ2) is 8.41. The number of pyridine rings is 1. The van der Waals surface area contributed by atoms with Gasteiger partial charge in [-0.1, -0.05) is 0 Å². The third kappa shape index (κ3) is 5.06. The van der Waals surface area contributed by atoms with Crippen molar-refractivity contribution in [1.29, 1.82) is 0 Å². The molecule has 0 radical (unpaired) electrons. The zero-order valence-corrected chi connectivity index (χ0v) is 18.1. The van der Waals surface area contributed by atoms with E-state index in [1.54, 1.807) is 11.0 Å². The molecule has 2 aromatic rings. The lowest BCUT2D eigenvalue weighted by molar-refractivity contribution is 0.0740. The number of sulfone groups is 1. The molecular weight excluding hydrogens is 390 g/mol. The number of hydrogen-bond acceptors (Lipinski definition) is 6. The van der Waals surface area contributed by atoms with E-state index in [0.29, 0.717) is 31.9 Å². The van der Waals surface area contributed by atoms with Gasteiger partial charge in [-0.15, -0.1) is 0 Å². The SMILES string of the molecule is Cc1ccc(N2CCN(C(=O)c3cc(S(C)(=O)=O)ccc3OC(C)C)CC2)cn1. The lowest BCUT2D eigenvalue weighted by Gasteiger charge is -2.36. The van der Waals surface area contributed by atoms with Crippen molar-refractivity contribution in [3.05, 3.63) is 47.8 Å². The Balaban J connectivity index is 1.80. The van der Waals surface area contributed by atoms with Crippen molar-refractivity contribution in [1.82, 2.24) is 9.88 Å². The molecule has 0 atom stereocenters. The van der Waals surface area contributed by atoms with E-state index < -0.39 is 9.84 Å². The first kappa shape index (κ1) is 21.1. The van der Waals surface area contributed by atoms with Crippen LogP contribution < -0.4 is 9.64 Å². The second-order valence-corrected chi connectivity index (χ2v) is 9.55. The summed E-state index contributed by atoms with van der Waals surface area (Å²) in [6.07, 6.45) is 2.85. The van der Waals surface area contributed by atoms with E-state index in [1.807, 2.05) is 39.1 Å². The number of anilines is 1. The molecule has 1 fully saturated rings. The van der Waals surface area contributed by atoms with Gasteiger partial charge in [0, 0.05) is 38.1 Å². The molecule has 0 spiro atoms. The Bertz CT molecular complexity index is 979. The van der Waals surface area contributed by atoms with E-state index in [1.165, 1.54) is 12.1 Å². The molecule has 1 amide bonds. The summed E-state index contributed by atoms with van der Waals surface area (Å²) in [5.41, 5.74) is 2.28. The van der Waals surface area contributed by atoms with Crippen molar-refractivity contribution >= 4 is 21.4 Å². The Kier molecular flexibility index (Phi) is 6.12. The monoisotopic (exact) mass is 417 g/mol. The zero-order chi connectivity index (χ0) is 21.2. The quantitative estimate of drug-likeness (QED) is 0.744. The number of benzene rings is 1. The van der Waals surface area contributed by atoms with Gasteiger partial charge in [-0.05, 0) is 51.1 Å². The Morgan fingerprint density at radius 2 is 1.79 bits per heavy atom. The molecule has 0 aliphatic carbocycles. The summed E-state index contributed by atoms with van der Waals surface area (Å²) in [5, 5.41) is 0. The number of carbonyl (C=O) groups excluding carboxylic acids is 1. The average molecular weight is 418 g/mol. The number of amides is 1. The van der Waals surface area contributed by atoms with Crippen molar-refractivity contribution in [2.24, 2.45) is 0 Å². The smallest absolute Gasteiger partial charge is 0.257 e. The van der Waals surface area contributed by atoms with Crippen molar-refractivity contribution in [3.8, 4) is 5.75 Å². The molecule has 8 heteroatoms. The Morgan fingerprint density at radius 1 is 1.10 bits per heavy atom. The summed E-state index contributed by atoms with van der Waals surface area (Å²) in [6.45, 7) is 8.13. The van der Waals surface area contributed by atoms with E-state index >= 15 is 0 Å². The number of aromatic nitrogens is 1. The van der Waals surface area contributed by atoms with Crippen LogP contribution in [0.1, 0.15) is 29.9 Å². The number of hydrogen-bond donors (Lipinski definition) is 0. The average Bonchev–Trinajstić information content (AvgIpc) is 2.67. The standard InChI is InChI=1S/C21H27N3O4S/c1-15(2)28-20-8-7-18(29(4,26)27)13-19(20)21(25)24-11-9-23(10-12-24)17-6-5-16(3)22-14-17/h5-8,13-15H,9-12H2,1-4H3. The number of nitrogens with zero attached hydrogens (tertiary/aromatic N) is 3. The molecule has 1 aromatic carbocycles. The van der Waals surface area contributed by atoms with Crippen LogP contribution in [0.4, 0.5) is 5.69 Å². The largest absolute Gasteiger partial charge is 0.490 e. The maximum absolute atomic E-state index is 13.2. The molecule has 156 valence electrons. The van der Waals surface area contributed by atoms with E-state index in [0.717, 1.165) is 17.6 Å². The number of rotatable bonds is 5. The zero-order valence-electron chi connectivity index (χ0n) is 17.3. The highest BCUT2D eigenvalue weighted by molar-refractivity contribution is 7.90. The van der Waals surface area contributed by atoms with E-state index in [9.17, 15) is 13.2 Å². The first-order valence-electron chi connectivity index (χ1n) is 9.63. The van der Waals surface area contributed by atoms with Gasteiger partial charge >= 0.3 is 0 Å². The topological polar surface area (TPSA) is 79.8 Å². The summed E-state index contributed by atoms with van der Waals surface area (Å²) in [6, 6.07) is 8.47. The lowest BCUT2D eigenvalue weighted by atomic mass is 10.1. The highest BCUT2D eigenvalue weighted by Gasteiger charge is 2.26. The molecule has 2 heterocycles. The molecule has 29 heavy (non-hydrogen) atoms. The van der Waals surface area contributed by atoms with E-state index in [2.05, 4.69) is 9.88 Å². The number of ether oxygens (including phenoxy) is 1. The number of aryl methyl sites for hydroxylation is 1. The summed E-state index contributed by atoms with van der Waals surface area (Å²) < 4.78 is 29.7. The van der Waals surface area contributed by atoms with Gasteiger partial charge in [-0.25, -0.2) is 8.42 Å². The molecule has 3 rings (SSSR count). The minimum atomic E-state index is -3.42. The third-order valence-electron chi connectivity index (χ3n) is 4.80. The van der Waals surface area contributed by atoms with Gasteiger partial charge in [0.1, 0.15) is 5.75 Å². The van der Waals surface area contributed by atoms with E-state index in [-0.39, 0.29) is 22.5 Å². The predicted octanol–water partition coefficient (Wildman–Crippen LogP) is 2.54. The Morgan fingerprint density at radius 3 is 2.34 bits per heavy atom. The fourth-order valence-electron chi connectivity index (χ4n) is 3.25. The maximum atomic E-state index is 13.2. The van der Waals surface area contributed by atoms with Gasteiger partial charge in [-0.3, -0.25) is 9.78 Å². The van der Waals surface area contributed by atoms with Crippen LogP contribution in [0.3, 0.4) is 0 Å². The molecule has 0 N–H and O–H groups in total. The van der Waals surface area contributed by atoms with Crippen LogP contribution in [0.5, 0.6) is 5.75 Å². The summed E-state index contributed by atoms with van der Waals surface area (Å²) in [4.78, 5) is 21.6. The fourth-order valence-corrected chi connectivity index (χ4v) is 3.90. The molecule has 0 saturated carbocycles. The predicted molar refractivity (Wildman–Crippen MR) is 112 cm³/mol. The van der Waals surface area contributed by atoms with Crippen LogP contribution in [0.15, 0.2) is 41.4 Å². The van der Waals surface area contributed by atoms with Crippen LogP contribution in [-0.4, -0.2) is 62.7 Å². The summed E-state index contributed by atoms with van der Waals surface area (Å²) in [7, 11) is -3.42. The number of carbonyl (C=O) groups is 1. The first-order chi connectivity index (χ1) is 13.6. The van der Waals surface area contributed by atoms with Gasteiger partial charge in [0.15, 0.2) is 9.84 Å². The Hall–Kier alpha value is -2.61. The van der Waals surface area contributed by atoms with Gasteiger partial charge in [0.2, 0.25) is 0 Å². The molecule has 1 aliphatic heterocycles. The van der Waals surface area contributed by atoms with Gasteiger partial charge in [0.05, 0.1) is 28.4 Å².